The second-order valence-electron chi connectivity index (χ2n) is 32.0. The van der Waals surface area contributed by atoms with Crippen LogP contribution in [0.25, 0.3) is 10.8 Å². The van der Waals surface area contributed by atoms with Crippen molar-refractivity contribution in [3.8, 4) is 28.7 Å². The third kappa shape index (κ3) is 25.6. The molecule has 0 radical (unpaired) electrons. The van der Waals surface area contributed by atoms with E-state index in [9.17, 15) is 65.5 Å². The van der Waals surface area contributed by atoms with E-state index in [2.05, 4.69) is 4.74 Å². The molecule has 0 spiro atoms. The molecule has 0 aromatic heterocycles. The van der Waals surface area contributed by atoms with E-state index < -0.39 is 70.2 Å². The molecule has 20 heteroatoms. The van der Waals surface area contributed by atoms with Gasteiger partial charge < -0.3 is 23.7 Å². The van der Waals surface area contributed by atoms with Crippen LogP contribution >= 0.6 is 11.6 Å². The minimum absolute atomic E-state index is 0.0427. The Morgan fingerprint density at radius 3 is 0.793 bits per heavy atom. The summed E-state index contributed by atoms with van der Waals surface area (Å²) < 4.78 is 83.9. The summed E-state index contributed by atoms with van der Waals surface area (Å²) >= 11 is 6.24. The number of benzene rings is 16. The maximum absolute atomic E-state index is 14.4. The SMILES string of the molecule is Cc1ccc(C(=O)Oc2c(F)c(F)c(C(=O)c3ccc(C)cc3)c(F)c2F)cc1.Cc1ccc(C(=O)Oc2ccc(C(=O)c3ccc(C)cc3)c(C)c2)cc1.Cc1ccc(C(=O)Oc2ccc(C(=O)c3ccc(C)cc3)c(Cl)c2)cc1.Cc1ccc(C(=O)Oc2ccc(C(=O)c3ccc(C)cc3)c3ccccc23)cc1.Cc1ccc(C(=O)Oc2ccc(C(=O)c3ccc(C)cc3)cc2)cc1. The van der Waals surface area contributed by atoms with Crippen LogP contribution in [0.3, 0.4) is 0 Å². The number of esters is 5. The number of ether oxygens (including phenoxy) is 5. The molecule has 16 rings (SSSR count). The molecule has 16 aromatic carbocycles. The standard InChI is InChI=1S/C26H20O3.C23H20O3.C22H17ClO3.C22H14F4O3.C22H18O3/c1-17-7-11-19(12-8-17)25(27)23-15-16-24(22-6-4-3-5-21(22)23)29-26(28)20-13-9-18(2)10-14-20;1-15-4-8-18(9-5-15)22(24)21-13-12-20(14-17(21)3)26-23(25)19-10-6-16(2)7-11-19;1-14-3-7-16(8-4-14)21(24)19-12-11-18(13-20(19)23)26-22(25)17-9-5-15(2)6-10-17;1-11-3-7-13(8-4-11)20(27)15-16(23)18(25)21(19(26)17(15)24)29-22(28)14-9-5-12(2)6-10-14;1-15-3-7-17(8-4-15)21(23)18-11-13-20(14-12-18)25-22(24)19-9-5-16(2)6-10-19/h3-16H,1-2H3;4-14H,1-3H3;3-13H,1-2H3;3-10H,1-2H3;3-14H,1-2H3. The summed E-state index contributed by atoms with van der Waals surface area (Å²) in [5, 5.41) is 1.72. The average Bonchev–Trinajstić information content (AvgIpc) is 0.778. The first-order valence-corrected chi connectivity index (χ1v) is 42.9. The van der Waals surface area contributed by atoms with Gasteiger partial charge in [-0.3, -0.25) is 24.0 Å². The normalized spacial score (nSPS) is 10.5. The Morgan fingerprint density at radius 2 is 0.459 bits per heavy atom. The number of hydrogen-bond acceptors (Lipinski definition) is 15. The molecule has 0 aliphatic rings. The molecule has 16 aromatic rings. The topological polar surface area (TPSA) is 217 Å². The van der Waals surface area contributed by atoms with Gasteiger partial charge >= 0.3 is 29.8 Å². The first kappa shape index (κ1) is 97.5. The van der Waals surface area contributed by atoms with E-state index in [1.807, 2.05) is 220 Å². The summed E-state index contributed by atoms with van der Waals surface area (Å²) in [5.74, 6) is -12.3. The molecule has 0 N–H and O–H groups in total. The van der Waals surface area contributed by atoms with E-state index in [0.29, 0.717) is 89.8 Å². The minimum Gasteiger partial charge on any atom is -0.423 e. The Balaban J connectivity index is 0.000000152. The third-order valence-corrected chi connectivity index (χ3v) is 21.7. The average molecular weight is 1820 g/mol. The van der Waals surface area contributed by atoms with Gasteiger partial charge in [0, 0.05) is 61.5 Å². The van der Waals surface area contributed by atoms with Gasteiger partial charge in [0.15, 0.2) is 40.6 Å². The van der Waals surface area contributed by atoms with E-state index in [0.717, 1.165) is 72.0 Å². The Labute approximate surface area is 783 Å². The van der Waals surface area contributed by atoms with Crippen molar-refractivity contribution in [1.29, 1.82) is 0 Å². The Kier molecular flexibility index (Phi) is 32.4. The summed E-state index contributed by atoms with van der Waals surface area (Å²) in [6.07, 6.45) is 0. The van der Waals surface area contributed by atoms with Gasteiger partial charge in [-0.25, -0.2) is 32.8 Å². The predicted octanol–water partition coefficient (Wildman–Crippen LogP) is 26.4. The summed E-state index contributed by atoms with van der Waals surface area (Å²) in [5.41, 5.74) is 15.9. The molecule has 0 atom stereocenters. The molecule has 135 heavy (non-hydrogen) atoms. The van der Waals surface area contributed by atoms with Crippen LogP contribution in [0.5, 0.6) is 28.7 Å². The van der Waals surface area contributed by atoms with E-state index in [1.165, 1.54) is 42.5 Å². The van der Waals surface area contributed by atoms with Crippen LogP contribution in [0, 0.1) is 99.4 Å². The number of fused-ring (bicyclic) bond motifs is 1. The van der Waals surface area contributed by atoms with Gasteiger partial charge in [-0.1, -0.05) is 273 Å². The zero-order chi connectivity index (χ0) is 96.8. The van der Waals surface area contributed by atoms with Crippen LogP contribution in [0.15, 0.2) is 340 Å². The number of aryl methyl sites for hydroxylation is 11. The lowest BCUT2D eigenvalue weighted by molar-refractivity contribution is 0.0710. The first-order valence-electron chi connectivity index (χ1n) is 42.5. The first-order chi connectivity index (χ1) is 64.6. The Morgan fingerprint density at radius 1 is 0.215 bits per heavy atom. The van der Waals surface area contributed by atoms with Crippen LogP contribution in [0.4, 0.5) is 17.6 Å². The van der Waals surface area contributed by atoms with E-state index >= 15 is 0 Å². The van der Waals surface area contributed by atoms with E-state index in [4.69, 9.17) is 30.5 Å². The molecule has 0 fully saturated rings. The molecule has 0 bridgehead atoms. The molecule has 0 saturated carbocycles. The number of hydrogen-bond donors (Lipinski definition) is 0. The number of rotatable bonds is 20. The van der Waals surface area contributed by atoms with Gasteiger partial charge in [0.25, 0.3) is 0 Å². The monoisotopic (exact) mass is 1820 g/mol. The maximum atomic E-state index is 14.4. The number of ketones is 5. The lowest BCUT2D eigenvalue weighted by Crippen LogP contribution is -2.16. The molecule has 0 aliphatic carbocycles. The maximum Gasteiger partial charge on any atom is 0.343 e. The molecular formula is C115H89ClF4O15. The van der Waals surface area contributed by atoms with Crippen molar-refractivity contribution in [2.45, 2.75) is 76.2 Å². The fourth-order valence-electron chi connectivity index (χ4n) is 13.4. The minimum atomic E-state index is -1.97. The fourth-order valence-corrected chi connectivity index (χ4v) is 13.6. The van der Waals surface area contributed by atoms with Gasteiger partial charge in [0.2, 0.25) is 17.4 Å². The summed E-state index contributed by atoms with van der Waals surface area (Å²) in [6, 6.07) is 96.9. The van der Waals surface area contributed by atoms with Crippen LogP contribution in [-0.2, 0) is 0 Å². The Bertz CT molecular complexity index is 6910. The lowest BCUT2D eigenvalue weighted by atomic mass is 9.96. The molecule has 0 saturated heterocycles. The van der Waals surface area contributed by atoms with Gasteiger partial charge in [0.05, 0.1) is 32.8 Å². The number of carbonyl (C=O) groups is 10. The van der Waals surface area contributed by atoms with Crippen molar-refractivity contribution >= 4 is 81.1 Å². The molecular weight excluding hydrogens is 1730 g/mol. The predicted molar refractivity (Wildman–Crippen MR) is 513 cm³/mol. The quantitative estimate of drug-likeness (QED) is 0.0228. The zero-order valence-corrected chi connectivity index (χ0v) is 76.1. The van der Waals surface area contributed by atoms with Crippen molar-refractivity contribution in [1.82, 2.24) is 0 Å². The van der Waals surface area contributed by atoms with E-state index in [1.54, 1.807) is 153 Å². The van der Waals surface area contributed by atoms with Crippen molar-refractivity contribution in [2.24, 2.45) is 0 Å². The number of carbonyl (C=O) groups excluding carboxylic acids is 10. The highest BCUT2D eigenvalue weighted by atomic mass is 35.5. The molecule has 0 heterocycles. The van der Waals surface area contributed by atoms with Crippen LogP contribution < -0.4 is 23.7 Å². The van der Waals surface area contributed by atoms with Gasteiger partial charge in [0.1, 0.15) is 28.6 Å². The molecule has 0 amide bonds. The fraction of sp³-hybridized carbons (Fsp3) is 0.0957. The second-order valence-corrected chi connectivity index (χ2v) is 32.4. The molecule has 674 valence electrons. The highest BCUT2D eigenvalue weighted by molar-refractivity contribution is 6.35. The van der Waals surface area contributed by atoms with Crippen LogP contribution in [0.1, 0.15) is 193 Å². The zero-order valence-electron chi connectivity index (χ0n) is 75.3. The summed E-state index contributed by atoms with van der Waals surface area (Å²) in [7, 11) is 0. The smallest absolute Gasteiger partial charge is 0.343 e. The van der Waals surface area contributed by atoms with Gasteiger partial charge in [-0.2, -0.15) is 8.78 Å². The van der Waals surface area contributed by atoms with Crippen molar-refractivity contribution < 1.29 is 89.2 Å². The third-order valence-electron chi connectivity index (χ3n) is 21.4. The van der Waals surface area contributed by atoms with Crippen molar-refractivity contribution in [2.75, 3.05) is 0 Å². The number of halogens is 5. The highest BCUT2D eigenvalue weighted by Gasteiger charge is 2.33. The molecule has 15 nitrogen and oxygen atoms in total. The van der Waals surface area contributed by atoms with Crippen molar-refractivity contribution in [3.05, 3.63) is 513 Å². The Hall–Kier alpha value is -16.5. The van der Waals surface area contributed by atoms with Gasteiger partial charge in [-0.15, -0.1) is 0 Å². The summed E-state index contributed by atoms with van der Waals surface area (Å²) in [6.45, 7) is 21.0. The molecule has 0 aliphatic heterocycles. The molecule has 0 unspecified atom stereocenters. The summed E-state index contributed by atoms with van der Waals surface area (Å²) in [4.78, 5) is 124. The second kappa shape index (κ2) is 44.9. The van der Waals surface area contributed by atoms with E-state index in [-0.39, 0.29) is 39.3 Å². The van der Waals surface area contributed by atoms with Gasteiger partial charge in [-0.05, 0) is 215 Å². The van der Waals surface area contributed by atoms with Crippen LogP contribution in [-0.4, -0.2) is 58.8 Å². The lowest BCUT2D eigenvalue weighted by Gasteiger charge is -2.12. The largest absolute Gasteiger partial charge is 0.423 e. The highest BCUT2D eigenvalue weighted by Crippen LogP contribution is 2.35. The van der Waals surface area contributed by atoms with Crippen LogP contribution in [0.2, 0.25) is 5.02 Å². The van der Waals surface area contributed by atoms with Crippen molar-refractivity contribution in [3.63, 3.8) is 0 Å².